The Morgan fingerprint density at radius 1 is 1.24 bits per heavy atom. The van der Waals surface area contributed by atoms with Crippen LogP contribution in [0.4, 0.5) is 0 Å². The van der Waals surface area contributed by atoms with Gasteiger partial charge in [-0.2, -0.15) is 4.98 Å². The van der Waals surface area contributed by atoms with Crippen LogP contribution in [-0.2, 0) is 13.0 Å². The predicted octanol–water partition coefficient (Wildman–Crippen LogP) is 3.33. The second-order valence-corrected chi connectivity index (χ2v) is 5.98. The van der Waals surface area contributed by atoms with Crippen LogP contribution in [0.3, 0.4) is 0 Å². The Labute approximate surface area is 126 Å². The van der Waals surface area contributed by atoms with Gasteiger partial charge in [0.05, 0.1) is 6.54 Å². The van der Waals surface area contributed by atoms with Crippen molar-refractivity contribution in [1.82, 2.24) is 15.5 Å². The van der Waals surface area contributed by atoms with Crippen molar-refractivity contribution in [3.8, 4) is 0 Å². The van der Waals surface area contributed by atoms with E-state index in [2.05, 4.69) is 34.5 Å². The largest absolute Gasteiger partial charge is 0.338 e. The highest BCUT2D eigenvalue weighted by molar-refractivity contribution is 5.18. The van der Waals surface area contributed by atoms with Gasteiger partial charge in [0, 0.05) is 12.5 Å². The van der Waals surface area contributed by atoms with E-state index < -0.39 is 0 Å². The summed E-state index contributed by atoms with van der Waals surface area (Å²) in [5, 5.41) is 7.58. The predicted molar refractivity (Wildman–Crippen MR) is 81.8 cm³/mol. The van der Waals surface area contributed by atoms with Crippen LogP contribution in [0.1, 0.15) is 49.9 Å². The standard InChI is InChI=1S/C17H23N3O/c1-13(15-9-5-6-10-15)18-12-17-19-16(20-21-17)11-14-7-3-2-4-8-14/h2-4,7-8,13,15,18H,5-6,9-12H2,1H3/t13-/m1/s1. The molecular formula is C17H23N3O. The summed E-state index contributed by atoms with van der Waals surface area (Å²) in [4.78, 5) is 4.46. The molecule has 1 fully saturated rings. The van der Waals surface area contributed by atoms with Crippen LogP contribution < -0.4 is 5.32 Å². The monoisotopic (exact) mass is 285 g/mol. The molecule has 112 valence electrons. The quantitative estimate of drug-likeness (QED) is 0.884. The number of hydrogen-bond donors (Lipinski definition) is 1. The third kappa shape index (κ3) is 3.91. The van der Waals surface area contributed by atoms with Crippen molar-refractivity contribution >= 4 is 0 Å². The zero-order valence-electron chi connectivity index (χ0n) is 12.6. The van der Waals surface area contributed by atoms with E-state index in [1.807, 2.05) is 18.2 Å². The second kappa shape index (κ2) is 6.85. The molecule has 3 rings (SSSR count). The summed E-state index contributed by atoms with van der Waals surface area (Å²) in [5.41, 5.74) is 1.21. The van der Waals surface area contributed by atoms with Gasteiger partial charge in [0.2, 0.25) is 5.89 Å². The van der Waals surface area contributed by atoms with E-state index in [-0.39, 0.29) is 0 Å². The summed E-state index contributed by atoms with van der Waals surface area (Å²) in [5.74, 6) is 2.24. The van der Waals surface area contributed by atoms with Gasteiger partial charge in [-0.25, -0.2) is 0 Å². The van der Waals surface area contributed by atoms with Gasteiger partial charge < -0.3 is 9.84 Å². The van der Waals surface area contributed by atoms with E-state index in [1.54, 1.807) is 0 Å². The maximum absolute atomic E-state index is 5.33. The zero-order valence-corrected chi connectivity index (χ0v) is 12.6. The SMILES string of the molecule is C[C@@H](NCc1nc(Cc2ccccc2)no1)C1CCCC1. The lowest BCUT2D eigenvalue weighted by atomic mass is 10.00. The molecule has 0 amide bonds. The molecule has 4 heteroatoms. The summed E-state index contributed by atoms with van der Waals surface area (Å²) < 4.78 is 5.33. The first-order valence-corrected chi connectivity index (χ1v) is 7.90. The van der Waals surface area contributed by atoms with E-state index in [4.69, 9.17) is 4.52 Å². The minimum Gasteiger partial charge on any atom is -0.338 e. The molecule has 0 spiro atoms. The molecule has 1 aliphatic carbocycles. The van der Waals surface area contributed by atoms with Crippen LogP contribution >= 0.6 is 0 Å². The molecule has 1 aliphatic rings. The van der Waals surface area contributed by atoms with Crippen LogP contribution in [0.2, 0.25) is 0 Å². The van der Waals surface area contributed by atoms with Gasteiger partial charge in [-0.15, -0.1) is 0 Å². The number of benzene rings is 1. The summed E-state index contributed by atoms with van der Waals surface area (Å²) in [6, 6.07) is 10.8. The Hall–Kier alpha value is -1.68. The minimum absolute atomic E-state index is 0.525. The highest BCUT2D eigenvalue weighted by atomic mass is 16.5. The van der Waals surface area contributed by atoms with Gasteiger partial charge in [0.1, 0.15) is 0 Å². The van der Waals surface area contributed by atoms with Crippen LogP contribution in [0.25, 0.3) is 0 Å². The summed E-state index contributed by atoms with van der Waals surface area (Å²) in [7, 11) is 0. The fraction of sp³-hybridized carbons (Fsp3) is 0.529. The first kappa shape index (κ1) is 14.3. The number of nitrogens with zero attached hydrogens (tertiary/aromatic N) is 2. The normalized spacial score (nSPS) is 17.2. The Balaban J connectivity index is 1.50. The lowest BCUT2D eigenvalue weighted by Gasteiger charge is -2.19. The van der Waals surface area contributed by atoms with E-state index in [0.29, 0.717) is 18.5 Å². The zero-order chi connectivity index (χ0) is 14.5. The lowest BCUT2D eigenvalue weighted by molar-refractivity contribution is 0.328. The van der Waals surface area contributed by atoms with Crippen molar-refractivity contribution in [2.24, 2.45) is 5.92 Å². The highest BCUT2D eigenvalue weighted by Crippen LogP contribution is 2.27. The number of rotatable bonds is 6. The van der Waals surface area contributed by atoms with E-state index in [1.165, 1.54) is 31.2 Å². The number of hydrogen-bond acceptors (Lipinski definition) is 4. The molecule has 1 aromatic heterocycles. The molecule has 1 aromatic carbocycles. The molecule has 4 nitrogen and oxygen atoms in total. The van der Waals surface area contributed by atoms with Crippen LogP contribution in [0.15, 0.2) is 34.9 Å². The van der Waals surface area contributed by atoms with Gasteiger partial charge in [-0.05, 0) is 31.2 Å². The lowest BCUT2D eigenvalue weighted by Crippen LogP contribution is -2.31. The van der Waals surface area contributed by atoms with Crippen molar-refractivity contribution in [3.05, 3.63) is 47.6 Å². The summed E-state index contributed by atoms with van der Waals surface area (Å²) in [6.45, 7) is 2.93. The molecule has 1 N–H and O–H groups in total. The fourth-order valence-corrected chi connectivity index (χ4v) is 3.08. The highest BCUT2D eigenvalue weighted by Gasteiger charge is 2.21. The summed E-state index contributed by atoms with van der Waals surface area (Å²) >= 11 is 0. The topological polar surface area (TPSA) is 51.0 Å². The number of nitrogens with one attached hydrogen (secondary N) is 1. The molecule has 1 saturated carbocycles. The average molecular weight is 285 g/mol. The molecule has 2 aromatic rings. The van der Waals surface area contributed by atoms with Crippen molar-refractivity contribution in [1.29, 1.82) is 0 Å². The maximum Gasteiger partial charge on any atom is 0.240 e. The van der Waals surface area contributed by atoms with Crippen molar-refractivity contribution in [2.45, 2.75) is 51.6 Å². The van der Waals surface area contributed by atoms with Crippen molar-refractivity contribution in [2.75, 3.05) is 0 Å². The molecule has 21 heavy (non-hydrogen) atoms. The average Bonchev–Trinajstić information content (AvgIpc) is 3.17. The third-order valence-electron chi connectivity index (χ3n) is 4.40. The first-order chi connectivity index (χ1) is 10.3. The Morgan fingerprint density at radius 3 is 2.76 bits per heavy atom. The van der Waals surface area contributed by atoms with Crippen LogP contribution in [0, 0.1) is 5.92 Å². The van der Waals surface area contributed by atoms with Crippen LogP contribution in [-0.4, -0.2) is 16.2 Å². The molecule has 0 unspecified atom stereocenters. The van der Waals surface area contributed by atoms with Gasteiger partial charge >= 0.3 is 0 Å². The number of aromatic nitrogens is 2. The van der Waals surface area contributed by atoms with Crippen LogP contribution in [0.5, 0.6) is 0 Å². The van der Waals surface area contributed by atoms with Crippen molar-refractivity contribution in [3.63, 3.8) is 0 Å². The van der Waals surface area contributed by atoms with E-state index >= 15 is 0 Å². The molecule has 0 aliphatic heterocycles. The van der Waals surface area contributed by atoms with Crippen molar-refractivity contribution < 1.29 is 4.52 Å². The first-order valence-electron chi connectivity index (χ1n) is 7.90. The fourth-order valence-electron chi connectivity index (χ4n) is 3.08. The maximum atomic E-state index is 5.33. The molecular weight excluding hydrogens is 262 g/mol. The molecule has 1 heterocycles. The van der Waals surface area contributed by atoms with E-state index in [9.17, 15) is 0 Å². The smallest absolute Gasteiger partial charge is 0.240 e. The second-order valence-electron chi connectivity index (χ2n) is 5.98. The Morgan fingerprint density at radius 2 is 2.00 bits per heavy atom. The Kier molecular flexibility index (Phi) is 4.65. The third-order valence-corrected chi connectivity index (χ3v) is 4.40. The van der Waals surface area contributed by atoms with Gasteiger partial charge in [0.15, 0.2) is 5.82 Å². The Bertz CT molecular complexity index is 546. The minimum atomic E-state index is 0.525. The molecule has 0 saturated heterocycles. The van der Waals surface area contributed by atoms with E-state index in [0.717, 1.165) is 18.2 Å². The molecule has 1 atom stereocenters. The molecule has 0 bridgehead atoms. The van der Waals surface area contributed by atoms with Gasteiger partial charge in [0.25, 0.3) is 0 Å². The van der Waals surface area contributed by atoms with Gasteiger partial charge in [-0.1, -0.05) is 48.3 Å². The molecule has 0 radical (unpaired) electrons. The summed E-state index contributed by atoms with van der Waals surface area (Å²) in [6.07, 6.45) is 6.16. The van der Waals surface area contributed by atoms with Gasteiger partial charge in [-0.3, -0.25) is 0 Å².